The zero-order chi connectivity index (χ0) is 18.5. The Hall–Kier alpha value is -2.63. The molecule has 1 saturated carbocycles. The van der Waals surface area contributed by atoms with E-state index in [1.807, 2.05) is 17.9 Å². The summed E-state index contributed by atoms with van der Waals surface area (Å²) in [6, 6.07) is 7.30. The molecule has 1 aromatic carbocycles. The minimum atomic E-state index is -0.523. The van der Waals surface area contributed by atoms with Crippen LogP contribution >= 0.6 is 0 Å². The highest BCUT2D eigenvalue weighted by atomic mass is 16.2. The maximum atomic E-state index is 12.5. The summed E-state index contributed by atoms with van der Waals surface area (Å²) in [5.74, 6) is -0.616. The van der Waals surface area contributed by atoms with E-state index in [0.717, 1.165) is 25.7 Å². The Morgan fingerprint density at radius 1 is 1.19 bits per heavy atom. The number of H-pyrrole nitrogens is 1. The van der Waals surface area contributed by atoms with Gasteiger partial charge in [0.05, 0.1) is 6.54 Å². The van der Waals surface area contributed by atoms with Crippen molar-refractivity contribution >= 4 is 22.7 Å². The zero-order valence-electron chi connectivity index (χ0n) is 15.1. The largest absolute Gasteiger partial charge is 0.360 e. The van der Waals surface area contributed by atoms with E-state index in [1.54, 1.807) is 18.2 Å². The number of para-hydroxylation sites is 1. The number of fused-ring (bicyclic) bond motifs is 1. The van der Waals surface area contributed by atoms with Gasteiger partial charge in [-0.15, -0.1) is 0 Å². The van der Waals surface area contributed by atoms with Crippen LogP contribution in [0, 0.1) is 0 Å². The highest BCUT2D eigenvalue weighted by Gasteiger charge is 2.24. The molecular formula is C20H25N3O3. The van der Waals surface area contributed by atoms with Crippen LogP contribution in [0.3, 0.4) is 0 Å². The molecule has 0 radical (unpaired) electrons. The second-order valence-electron chi connectivity index (χ2n) is 6.73. The van der Waals surface area contributed by atoms with Crippen molar-refractivity contribution in [1.29, 1.82) is 0 Å². The lowest BCUT2D eigenvalue weighted by Gasteiger charge is -2.33. The number of likely N-dealkylation sites (N-methyl/N-ethyl adjacent to an activating group) is 1. The summed E-state index contributed by atoms with van der Waals surface area (Å²) < 4.78 is 0. The smallest absolute Gasteiger partial charge is 0.257 e. The highest BCUT2D eigenvalue weighted by molar-refractivity contribution is 5.98. The predicted molar refractivity (Wildman–Crippen MR) is 101 cm³/mol. The van der Waals surface area contributed by atoms with Gasteiger partial charge >= 0.3 is 0 Å². The molecule has 6 nitrogen and oxygen atoms in total. The summed E-state index contributed by atoms with van der Waals surface area (Å²) in [4.78, 5) is 42.2. The summed E-state index contributed by atoms with van der Waals surface area (Å²) in [5, 5.41) is 3.07. The first-order chi connectivity index (χ1) is 12.6. The molecule has 0 atom stereocenters. The Kier molecular flexibility index (Phi) is 5.71. The van der Waals surface area contributed by atoms with Crippen molar-refractivity contribution < 1.29 is 9.59 Å². The molecule has 6 heteroatoms. The van der Waals surface area contributed by atoms with Gasteiger partial charge in [-0.1, -0.05) is 31.4 Å². The summed E-state index contributed by atoms with van der Waals surface area (Å²) in [6.45, 7) is 2.51. The number of nitrogens with one attached hydrogen (secondary N) is 2. The molecule has 2 amide bonds. The van der Waals surface area contributed by atoms with Gasteiger partial charge in [0.1, 0.15) is 5.56 Å². The van der Waals surface area contributed by atoms with Gasteiger partial charge < -0.3 is 15.2 Å². The third-order valence-electron chi connectivity index (χ3n) is 5.11. The van der Waals surface area contributed by atoms with Crippen molar-refractivity contribution in [2.24, 2.45) is 0 Å². The Balaban J connectivity index is 1.67. The molecule has 138 valence electrons. The number of hydrogen-bond acceptors (Lipinski definition) is 3. The maximum Gasteiger partial charge on any atom is 0.257 e. The van der Waals surface area contributed by atoms with Crippen LogP contribution in [0.2, 0.25) is 0 Å². The molecule has 0 aliphatic heterocycles. The number of pyridine rings is 1. The second-order valence-corrected chi connectivity index (χ2v) is 6.73. The van der Waals surface area contributed by atoms with Crippen LogP contribution in [0.25, 0.3) is 10.9 Å². The number of carbonyl (C=O) groups is 2. The van der Waals surface area contributed by atoms with Gasteiger partial charge in [-0.25, -0.2) is 0 Å². The zero-order valence-corrected chi connectivity index (χ0v) is 15.1. The van der Waals surface area contributed by atoms with E-state index in [2.05, 4.69) is 10.3 Å². The summed E-state index contributed by atoms with van der Waals surface area (Å²) >= 11 is 0. The molecule has 1 heterocycles. The van der Waals surface area contributed by atoms with Crippen LogP contribution in [0.1, 0.15) is 49.4 Å². The van der Waals surface area contributed by atoms with Crippen molar-refractivity contribution in [2.75, 3.05) is 13.1 Å². The quantitative estimate of drug-likeness (QED) is 0.864. The summed E-state index contributed by atoms with van der Waals surface area (Å²) in [5.41, 5.74) is 0.376. The minimum absolute atomic E-state index is 0.0252. The Morgan fingerprint density at radius 2 is 1.92 bits per heavy atom. The van der Waals surface area contributed by atoms with E-state index < -0.39 is 5.91 Å². The standard InChI is InChI=1S/C20H25N3O3/c1-2-23(14-8-4-3-5-9-14)18(24)13-22-20(26)16-12-21-17-11-7-6-10-15(17)19(16)25/h6-7,10-12,14H,2-5,8-9,13H2,1H3,(H,21,25)(H,22,26). The van der Waals surface area contributed by atoms with Gasteiger partial charge in [-0.2, -0.15) is 0 Å². The molecule has 2 N–H and O–H groups in total. The van der Waals surface area contributed by atoms with Crippen LogP contribution < -0.4 is 10.7 Å². The number of hydrogen-bond donors (Lipinski definition) is 2. The van der Waals surface area contributed by atoms with Crippen molar-refractivity contribution in [1.82, 2.24) is 15.2 Å². The van der Waals surface area contributed by atoms with Gasteiger partial charge in [0.15, 0.2) is 0 Å². The van der Waals surface area contributed by atoms with E-state index in [4.69, 9.17) is 0 Å². The number of amides is 2. The fourth-order valence-corrected chi connectivity index (χ4v) is 3.72. The van der Waals surface area contributed by atoms with E-state index >= 15 is 0 Å². The van der Waals surface area contributed by atoms with Crippen molar-refractivity contribution in [3.05, 3.63) is 46.2 Å². The van der Waals surface area contributed by atoms with E-state index in [1.165, 1.54) is 12.6 Å². The van der Waals surface area contributed by atoms with Crippen molar-refractivity contribution in [3.8, 4) is 0 Å². The molecular weight excluding hydrogens is 330 g/mol. The van der Waals surface area contributed by atoms with E-state index in [-0.39, 0.29) is 29.5 Å². The fourth-order valence-electron chi connectivity index (χ4n) is 3.72. The molecule has 0 bridgehead atoms. The average Bonchev–Trinajstić information content (AvgIpc) is 2.68. The van der Waals surface area contributed by atoms with Crippen molar-refractivity contribution in [2.45, 2.75) is 45.1 Å². The topological polar surface area (TPSA) is 82.3 Å². The average molecular weight is 355 g/mol. The summed E-state index contributed by atoms with van der Waals surface area (Å²) in [7, 11) is 0. The Labute approximate surface area is 152 Å². The van der Waals surface area contributed by atoms with Gasteiger partial charge in [0, 0.05) is 29.7 Å². The minimum Gasteiger partial charge on any atom is -0.360 e. The summed E-state index contributed by atoms with van der Waals surface area (Å²) in [6.07, 6.45) is 6.98. The van der Waals surface area contributed by atoms with E-state index in [9.17, 15) is 14.4 Å². The number of benzene rings is 1. The predicted octanol–water partition coefficient (Wildman–Crippen LogP) is 2.44. The maximum absolute atomic E-state index is 12.5. The molecule has 1 aromatic heterocycles. The molecule has 3 rings (SSSR count). The number of aromatic amines is 1. The number of rotatable bonds is 5. The Bertz CT molecular complexity index is 853. The number of carbonyl (C=O) groups excluding carboxylic acids is 2. The fraction of sp³-hybridized carbons (Fsp3) is 0.450. The second kappa shape index (κ2) is 8.17. The number of aromatic nitrogens is 1. The van der Waals surface area contributed by atoms with Crippen LogP contribution in [0.4, 0.5) is 0 Å². The molecule has 26 heavy (non-hydrogen) atoms. The van der Waals surface area contributed by atoms with Crippen molar-refractivity contribution in [3.63, 3.8) is 0 Å². The third kappa shape index (κ3) is 3.79. The molecule has 0 spiro atoms. The SMILES string of the molecule is CCN(C(=O)CNC(=O)c1c[nH]c2ccccc2c1=O)C1CCCCC1. The molecule has 2 aromatic rings. The first kappa shape index (κ1) is 18.2. The normalized spacial score (nSPS) is 15.0. The lowest BCUT2D eigenvalue weighted by atomic mass is 9.94. The van der Waals surface area contributed by atoms with Gasteiger partial charge in [-0.05, 0) is 31.9 Å². The molecule has 0 saturated heterocycles. The van der Waals surface area contributed by atoms with Gasteiger partial charge in [0.2, 0.25) is 11.3 Å². The Morgan fingerprint density at radius 3 is 2.65 bits per heavy atom. The monoisotopic (exact) mass is 355 g/mol. The van der Waals surface area contributed by atoms with Gasteiger partial charge in [-0.3, -0.25) is 14.4 Å². The van der Waals surface area contributed by atoms with Gasteiger partial charge in [0.25, 0.3) is 5.91 Å². The first-order valence-corrected chi connectivity index (χ1v) is 9.30. The molecule has 1 fully saturated rings. The molecule has 1 aliphatic carbocycles. The molecule has 1 aliphatic rings. The van der Waals surface area contributed by atoms with Crippen LogP contribution in [-0.2, 0) is 4.79 Å². The third-order valence-corrected chi connectivity index (χ3v) is 5.11. The van der Waals surface area contributed by atoms with E-state index in [0.29, 0.717) is 17.4 Å². The lowest BCUT2D eigenvalue weighted by molar-refractivity contribution is -0.132. The number of nitrogens with zero attached hydrogens (tertiary/aromatic N) is 1. The first-order valence-electron chi connectivity index (χ1n) is 9.30. The van der Waals surface area contributed by atoms with Crippen LogP contribution in [0.15, 0.2) is 35.3 Å². The highest BCUT2D eigenvalue weighted by Crippen LogP contribution is 2.22. The van der Waals surface area contributed by atoms with Crippen LogP contribution in [-0.4, -0.2) is 40.8 Å². The lowest BCUT2D eigenvalue weighted by Crippen LogP contribution is -2.46. The van der Waals surface area contributed by atoms with Crippen LogP contribution in [0.5, 0.6) is 0 Å². The molecule has 0 unspecified atom stereocenters.